The second-order valence-electron chi connectivity index (χ2n) is 4.54. The summed E-state index contributed by atoms with van der Waals surface area (Å²) in [6.45, 7) is 4.64. The number of amides is 1. The maximum absolute atomic E-state index is 13.7. The molecule has 0 saturated carbocycles. The SMILES string of the molecule is CCN(C(=O)c1cc(Br)ccc1F)C(C)(C)C(=O)O. The molecule has 6 heteroatoms. The summed E-state index contributed by atoms with van der Waals surface area (Å²) < 4.78 is 14.2. The van der Waals surface area contributed by atoms with Gasteiger partial charge in [0, 0.05) is 11.0 Å². The fraction of sp³-hybridized carbons (Fsp3) is 0.385. The van der Waals surface area contributed by atoms with E-state index in [9.17, 15) is 14.0 Å². The average Bonchev–Trinajstić information content (AvgIpc) is 2.32. The summed E-state index contributed by atoms with van der Waals surface area (Å²) in [5.74, 6) is -2.46. The Hall–Kier alpha value is -1.43. The lowest BCUT2D eigenvalue weighted by Crippen LogP contribution is -2.53. The zero-order chi connectivity index (χ0) is 14.8. The van der Waals surface area contributed by atoms with Gasteiger partial charge in [-0.05, 0) is 39.0 Å². The molecular formula is C13H15BrFNO3. The Kier molecular flexibility index (Phi) is 4.68. The fourth-order valence-corrected chi connectivity index (χ4v) is 2.08. The van der Waals surface area contributed by atoms with Crippen LogP contribution in [0.5, 0.6) is 0 Å². The lowest BCUT2D eigenvalue weighted by Gasteiger charge is -2.34. The Balaban J connectivity index is 3.23. The molecule has 4 nitrogen and oxygen atoms in total. The van der Waals surface area contributed by atoms with E-state index in [2.05, 4.69) is 15.9 Å². The van der Waals surface area contributed by atoms with E-state index in [1.165, 1.54) is 32.0 Å². The van der Waals surface area contributed by atoms with Crippen LogP contribution in [0.3, 0.4) is 0 Å². The first-order valence-corrected chi connectivity index (χ1v) is 6.51. The number of carbonyl (C=O) groups is 2. The molecular weight excluding hydrogens is 317 g/mol. The van der Waals surface area contributed by atoms with E-state index in [1.54, 1.807) is 6.92 Å². The number of hydrogen-bond donors (Lipinski definition) is 1. The first-order valence-electron chi connectivity index (χ1n) is 5.72. The van der Waals surface area contributed by atoms with E-state index in [0.717, 1.165) is 4.90 Å². The molecule has 0 aliphatic heterocycles. The van der Waals surface area contributed by atoms with Gasteiger partial charge in [-0.25, -0.2) is 9.18 Å². The third kappa shape index (κ3) is 3.12. The van der Waals surface area contributed by atoms with Crippen molar-refractivity contribution in [1.82, 2.24) is 4.90 Å². The number of hydrogen-bond acceptors (Lipinski definition) is 2. The molecule has 0 aliphatic rings. The van der Waals surface area contributed by atoms with Gasteiger partial charge in [0.25, 0.3) is 5.91 Å². The minimum atomic E-state index is -1.40. The molecule has 0 atom stereocenters. The number of carboxylic acid groups (broad SMARTS) is 1. The normalized spacial score (nSPS) is 11.2. The van der Waals surface area contributed by atoms with Gasteiger partial charge in [0.15, 0.2) is 0 Å². The number of aliphatic carboxylic acids is 1. The van der Waals surface area contributed by atoms with Crippen LogP contribution in [-0.2, 0) is 4.79 Å². The number of rotatable bonds is 4. The van der Waals surface area contributed by atoms with Crippen molar-refractivity contribution in [3.63, 3.8) is 0 Å². The zero-order valence-electron chi connectivity index (χ0n) is 10.9. The molecule has 0 heterocycles. The fourth-order valence-electron chi connectivity index (χ4n) is 1.71. The van der Waals surface area contributed by atoms with E-state index < -0.39 is 23.2 Å². The van der Waals surface area contributed by atoms with Gasteiger partial charge >= 0.3 is 5.97 Å². The molecule has 0 aliphatic carbocycles. The molecule has 0 unspecified atom stereocenters. The monoisotopic (exact) mass is 331 g/mol. The number of likely N-dealkylation sites (N-methyl/N-ethyl adjacent to an activating group) is 1. The molecule has 1 rings (SSSR count). The molecule has 1 amide bonds. The van der Waals surface area contributed by atoms with E-state index in [4.69, 9.17) is 5.11 Å². The smallest absolute Gasteiger partial charge is 0.329 e. The van der Waals surface area contributed by atoms with Crippen LogP contribution in [0.2, 0.25) is 0 Å². The molecule has 1 N–H and O–H groups in total. The van der Waals surface area contributed by atoms with Crippen molar-refractivity contribution in [2.75, 3.05) is 6.54 Å². The maximum atomic E-state index is 13.7. The molecule has 0 spiro atoms. The quantitative estimate of drug-likeness (QED) is 0.922. The summed E-state index contributed by atoms with van der Waals surface area (Å²) in [5, 5.41) is 9.17. The average molecular weight is 332 g/mol. The van der Waals surface area contributed by atoms with Crippen molar-refractivity contribution in [1.29, 1.82) is 0 Å². The van der Waals surface area contributed by atoms with Crippen molar-refractivity contribution in [3.05, 3.63) is 34.1 Å². The standard InChI is InChI=1S/C13H15BrFNO3/c1-4-16(13(2,3)12(18)19)11(17)9-7-8(14)5-6-10(9)15/h5-7H,4H2,1-3H3,(H,18,19). The van der Waals surface area contributed by atoms with Crippen molar-refractivity contribution in [3.8, 4) is 0 Å². The Morgan fingerprint density at radius 3 is 2.47 bits per heavy atom. The van der Waals surface area contributed by atoms with Crippen molar-refractivity contribution in [2.24, 2.45) is 0 Å². The van der Waals surface area contributed by atoms with E-state index in [1.807, 2.05) is 0 Å². The van der Waals surface area contributed by atoms with Crippen LogP contribution in [-0.4, -0.2) is 34.0 Å². The van der Waals surface area contributed by atoms with Crippen molar-refractivity contribution in [2.45, 2.75) is 26.3 Å². The predicted octanol–water partition coefficient (Wildman–Crippen LogP) is 2.91. The molecule has 0 aromatic heterocycles. The van der Waals surface area contributed by atoms with Crippen LogP contribution >= 0.6 is 15.9 Å². The van der Waals surface area contributed by atoms with Crippen LogP contribution in [0.4, 0.5) is 4.39 Å². The van der Waals surface area contributed by atoms with Crippen LogP contribution in [0, 0.1) is 5.82 Å². The number of benzene rings is 1. The first kappa shape index (κ1) is 15.6. The van der Waals surface area contributed by atoms with Gasteiger partial charge in [0.2, 0.25) is 0 Å². The largest absolute Gasteiger partial charge is 0.480 e. The van der Waals surface area contributed by atoms with Gasteiger partial charge in [-0.3, -0.25) is 4.79 Å². The summed E-state index contributed by atoms with van der Waals surface area (Å²) in [7, 11) is 0. The molecule has 0 fully saturated rings. The molecule has 19 heavy (non-hydrogen) atoms. The Labute approximate surface area is 119 Å². The highest BCUT2D eigenvalue weighted by Crippen LogP contribution is 2.22. The van der Waals surface area contributed by atoms with E-state index >= 15 is 0 Å². The third-order valence-electron chi connectivity index (χ3n) is 2.92. The highest BCUT2D eigenvalue weighted by molar-refractivity contribution is 9.10. The summed E-state index contributed by atoms with van der Waals surface area (Å²) in [6, 6.07) is 3.99. The number of halogens is 2. The highest BCUT2D eigenvalue weighted by Gasteiger charge is 2.37. The second kappa shape index (κ2) is 5.69. The summed E-state index contributed by atoms with van der Waals surface area (Å²) >= 11 is 3.16. The molecule has 0 bridgehead atoms. The van der Waals surface area contributed by atoms with Crippen molar-refractivity contribution >= 4 is 27.8 Å². The topological polar surface area (TPSA) is 57.6 Å². The van der Waals surface area contributed by atoms with E-state index in [0.29, 0.717) is 4.47 Å². The maximum Gasteiger partial charge on any atom is 0.329 e. The Bertz CT molecular complexity index is 517. The second-order valence-corrected chi connectivity index (χ2v) is 5.45. The summed E-state index contributed by atoms with van der Waals surface area (Å²) in [6.07, 6.45) is 0. The summed E-state index contributed by atoms with van der Waals surface area (Å²) in [4.78, 5) is 24.6. The van der Waals surface area contributed by atoms with Crippen LogP contribution in [0.1, 0.15) is 31.1 Å². The number of carbonyl (C=O) groups excluding carboxylic acids is 1. The lowest BCUT2D eigenvalue weighted by molar-refractivity contribution is -0.147. The molecule has 104 valence electrons. The predicted molar refractivity (Wildman–Crippen MR) is 72.5 cm³/mol. The van der Waals surface area contributed by atoms with Gasteiger partial charge in [-0.2, -0.15) is 0 Å². The minimum absolute atomic E-state index is 0.148. The Morgan fingerprint density at radius 2 is 2.00 bits per heavy atom. The van der Waals surface area contributed by atoms with Gasteiger partial charge in [-0.15, -0.1) is 0 Å². The van der Waals surface area contributed by atoms with Crippen LogP contribution in [0.25, 0.3) is 0 Å². The van der Waals surface area contributed by atoms with Gasteiger partial charge < -0.3 is 10.0 Å². The molecule has 0 saturated heterocycles. The van der Waals surface area contributed by atoms with Gasteiger partial charge in [0.05, 0.1) is 5.56 Å². The van der Waals surface area contributed by atoms with Crippen LogP contribution in [0.15, 0.2) is 22.7 Å². The number of carboxylic acids is 1. The van der Waals surface area contributed by atoms with Gasteiger partial charge in [-0.1, -0.05) is 15.9 Å². The molecule has 0 radical (unpaired) electrons. The Morgan fingerprint density at radius 1 is 1.42 bits per heavy atom. The first-order chi connectivity index (χ1) is 8.71. The van der Waals surface area contributed by atoms with Gasteiger partial charge in [0.1, 0.15) is 11.4 Å². The lowest BCUT2D eigenvalue weighted by atomic mass is 10.0. The summed E-state index contributed by atoms with van der Waals surface area (Å²) in [5.41, 5.74) is -1.55. The zero-order valence-corrected chi connectivity index (χ0v) is 12.5. The molecule has 1 aromatic carbocycles. The van der Waals surface area contributed by atoms with E-state index in [-0.39, 0.29) is 12.1 Å². The minimum Gasteiger partial charge on any atom is -0.480 e. The third-order valence-corrected chi connectivity index (χ3v) is 3.41. The van der Waals surface area contributed by atoms with Crippen LogP contribution < -0.4 is 0 Å². The highest BCUT2D eigenvalue weighted by atomic mass is 79.9. The van der Waals surface area contributed by atoms with Crippen molar-refractivity contribution < 1.29 is 19.1 Å². The number of nitrogens with zero attached hydrogens (tertiary/aromatic N) is 1. The molecule has 1 aromatic rings.